The van der Waals surface area contributed by atoms with E-state index in [4.69, 9.17) is 31.5 Å². The summed E-state index contributed by atoms with van der Waals surface area (Å²) in [6.45, 7) is 0. The lowest BCUT2D eigenvalue weighted by Gasteiger charge is -2.37. The van der Waals surface area contributed by atoms with Crippen molar-refractivity contribution < 1.29 is 37.4 Å². The SMILES string of the molecule is N#Cc1ccc(C2(N)CCCC(OC(=O)C(=O)OC3CCCC(N)(c4ccc(C#N)cc4F)C3=O)C2=O)c(F)c1. The van der Waals surface area contributed by atoms with Crippen LogP contribution in [0.5, 0.6) is 0 Å². The van der Waals surface area contributed by atoms with E-state index < -0.39 is 58.4 Å². The molecule has 2 aliphatic rings. The van der Waals surface area contributed by atoms with Gasteiger partial charge in [0.1, 0.15) is 22.7 Å². The highest BCUT2D eigenvalue weighted by Gasteiger charge is 2.49. The predicted octanol–water partition coefficient (Wildman–Crippen LogP) is 2.05. The average Bonchev–Trinajstić information content (AvgIpc) is 2.93. The molecular formula is C28H24F2N4O6. The minimum absolute atomic E-state index is 0.0148. The van der Waals surface area contributed by atoms with Crippen LogP contribution in [0, 0.1) is 34.3 Å². The first-order chi connectivity index (χ1) is 18.9. The molecule has 206 valence electrons. The number of carbonyl (C=O) groups excluding carboxylic acids is 4. The molecule has 2 aliphatic carbocycles. The first-order valence-electron chi connectivity index (χ1n) is 12.4. The summed E-state index contributed by atoms with van der Waals surface area (Å²) in [5.41, 5.74) is 8.47. The number of Topliss-reactive ketones (excluding diaryl/α,β-unsaturated/α-hetero) is 2. The molecule has 4 unspecified atom stereocenters. The van der Waals surface area contributed by atoms with Gasteiger partial charge in [-0.25, -0.2) is 18.4 Å². The van der Waals surface area contributed by atoms with Crippen molar-refractivity contribution in [1.29, 1.82) is 10.5 Å². The van der Waals surface area contributed by atoms with Crippen LogP contribution >= 0.6 is 0 Å². The van der Waals surface area contributed by atoms with Gasteiger partial charge in [0.25, 0.3) is 0 Å². The quantitative estimate of drug-likeness (QED) is 0.421. The van der Waals surface area contributed by atoms with Crippen molar-refractivity contribution in [1.82, 2.24) is 0 Å². The topological polar surface area (TPSA) is 186 Å². The van der Waals surface area contributed by atoms with Crippen LogP contribution in [0.25, 0.3) is 0 Å². The van der Waals surface area contributed by atoms with Crippen LogP contribution in [0.1, 0.15) is 60.8 Å². The van der Waals surface area contributed by atoms with Gasteiger partial charge in [-0.15, -0.1) is 0 Å². The van der Waals surface area contributed by atoms with Gasteiger partial charge in [0.05, 0.1) is 23.3 Å². The smallest absolute Gasteiger partial charge is 0.418 e. The third-order valence-electron chi connectivity index (χ3n) is 7.36. The van der Waals surface area contributed by atoms with E-state index in [9.17, 15) is 28.0 Å². The summed E-state index contributed by atoms with van der Waals surface area (Å²) >= 11 is 0. The molecule has 0 spiro atoms. The monoisotopic (exact) mass is 550 g/mol. The standard InChI is InChI=1S/C28H24F2N4O6/c29-19-11-15(13-31)5-7-17(19)27(33)9-1-3-21(23(27)35)39-25(37)26(38)40-22-4-2-10-28(34,24(22)36)18-8-6-16(14-32)12-20(18)30/h5-8,11-12,21-22H,1-4,9-10,33-34H2. The number of hydrogen-bond acceptors (Lipinski definition) is 10. The largest absolute Gasteiger partial charge is 0.446 e. The molecule has 0 amide bonds. The molecule has 12 heteroatoms. The Balaban J connectivity index is 1.46. The molecule has 0 bridgehead atoms. The molecule has 4 N–H and O–H groups in total. The Bertz CT molecular complexity index is 1390. The summed E-state index contributed by atoms with van der Waals surface area (Å²) in [4.78, 5) is 51.4. The molecule has 4 rings (SSSR count). The summed E-state index contributed by atoms with van der Waals surface area (Å²) in [6.07, 6.45) is -2.37. The molecule has 0 radical (unpaired) electrons. The highest BCUT2D eigenvalue weighted by molar-refractivity contribution is 6.30. The molecule has 0 heterocycles. The van der Waals surface area contributed by atoms with Gasteiger partial charge in [0.15, 0.2) is 23.8 Å². The number of nitriles is 2. The number of carbonyl (C=O) groups is 4. The number of halogens is 2. The van der Waals surface area contributed by atoms with Crippen molar-refractivity contribution in [3.05, 3.63) is 70.3 Å². The Kier molecular flexibility index (Phi) is 7.78. The number of nitrogens with zero attached hydrogens (tertiary/aromatic N) is 2. The zero-order valence-electron chi connectivity index (χ0n) is 21.1. The lowest BCUT2D eigenvalue weighted by atomic mass is 9.74. The number of rotatable bonds is 4. The summed E-state index contributed by atoms with van der Waals surface area (Å²) in [6, 6.07) is 10.5. The first-order valence-corrected chi connectivity index (χ1v) is 12.4. The number of ether oxygens (including phenoxy) is 2. The normalized spacial score (nSPS) is 26.4. The van der Waals surface area contributed by atoms with E-state index in [1.807, 2.05) is 0 Å². The van der Waals surface area contributed by atoms with Crippen LogP contribution in [0.4, 0.5) is 8.78 Å². The first kappa shape index (κ1) is 28.5. The van der Waals surface area contributed by atoms with Crippen molar-refractivity contribution in [2.45, 2.75) is 61.8 Å². The Morgan fingerprint density at radius 2 is 1.15 bits per heavy atom. The van der Waals surface area contributed by atoms with Gasteiger partial charge < -0.3 is 20.9 Å². The van der Waals surface area contributed by atoms with E-state index in [1.54, 1.807) is 12.1 Å². The van der Waals surface area contributed by atoms with E-state index in [0.717, 1.165) is 12.1 Å². The van der Waals surface area contributed by atoms with Crippen molar-refractivity contribution in [3.8, 4) is 12.1 Å². The summed E-state index contributed by atoms with van der Waals surface area (Å²) < 4.78 is 39.5. The maximum Gasteiger partial charge on any atom is 0.418 e. The van der Waals surface area contributed by atoms with E-state index in [2.05, 4.69) is 0 Å². The lowest BCUT2D eigenvalue weighted by molar-refractivity contribution is -0.179. The van der Waals surface area contributed by atoms with Gasteiger partial charge >= 0.3 is 11.9 Å². The van der Waals surface area contributed by atoms with Crippen LogP contribution in [0.15, 0.2) is 36.4 Å². The molecule has 0 aliphatic heterocycles. The van der Waals surface area contributed by atoms with Gasteiger partial charge in [-0.05, 0) is 62.8 Å². The van der Waals surface area contributed by atoms with Gasteiger partial charge in [0, 0.05) is 11.1 Å². The summed E-state index contributed by atoms with van der Waals surface area (Å²) in [7, 11) is 0. The summed E-state index contributed by atoms with van der Waals surface area (Å²) in [5, 5.41) is 17.9. The fraction of sp³-hybridized carbons (Fsp3) is 0.357. The maximum atomic E-state index is 14.7. The third-order valence-corrected chi connectivity index (χ3v) is 7.36. The Morgan fingerprint density at radius 1 is 0.775 bits per heavy atom. The number of benzene rings is 2. The predicted molar refractivity (Wildman–Crippen MR) is 131 cm³/mol. The number of ketones is 2. The van der Waals surface area contributed by atoms with Gasteiger partial charge in [0.2, 0.25) is 0 Å². The fourth-order valence-electron chi connectivity index (χ4n) is 5.22. The molecule has 2 saturated carbocycles. The second kappa shape index (κ2) is 10.9. The molecular weight excluding hydrogens is 526 g/mol. The number of hydrogen-bond donors (Lipinski definition) is 2. The fourth-order valence-corrected chi connectivity index (χ4v) is 5.22. The van der Waals surface area contributed by atoms with Crippen molar-refractivity contribution in [3.63, 3.8) is 0 Å². The zero-order chi connectivity index (χ0) is 29.2. The number of esters is 2. The van der Waals surface area contributed by atoms with E-state index in [1.165, 1.54) is 24.3 Å². The van der Waals surface area contributed by atoms with E-state index in [0.29, 0.717) is 0 Å². The van der Waals surface area contributed by atoms with Gasteiger partial charge in [-0.2, -0.15) is 10.5 Å². The Morgan fingerprint density at radius 3 is 1.48 bits per heavy atom. The Hall–Kier alpha value is -4.52. The van der Waals surface area contributed by atoms with Crippen LogP contribution in [-0.2, 0) is 39.7 Å². The van der Waals surface area contributed by atoms with Gasteiger partial charge in [-0.1, -0.05) is 12.1 Å². The van der Waals surface area contributed by atoms with Crippen LogP contribution in [0.2, 0.25) is 0 Å². The second-order valence-corrected chi connectivity index (χ2v) is 9.86. The summed E-state index contributed by atoms with van der Waals surface area (Å²) in [5.74, 6) is -6.55. The van der Waals surface area contributed by atoms with Crippen molar-refractivity contribution in [2.75, 3.05) is 0 Å². The van der Waals surface area contributed by atoms with Crippen LogP contribution < -0.4 is 11.5 Å². The van der Waals surface area contributed by atoms with Crippen LogP contribution in [-0.4, -0.2) is 35.7 Å². The molecule has 0 aromatic heterocycles. The second-order valence-electron chi connectivity index (χ2n) is 9.86. The molecule has 2 fully saturated rings. The molecule has 2 aromatic rings. The molecule has 4 atom stereocenters. The minimum Gasteiger partial charge on any atom is -0.446 e. The molecule has 0 saturated heterocycles. The van der Waals surface area contributed by atoms with E-state index in [-0.39, 0.29) is 60.8 Å². The molecule has 10 nitrogen and oxygen atoms in total. The number of nitrogens with two attached hydrogens (primary N) is 2. The van der Waals surface area contributed by atoms with Gasteiger partial charge in [-0.3, -0.25) is 9.59 Å². The van der Waals surface area contributed by atoms with Crippen LogP contribution in [0.3, 0.4) is 0 Å². The Labute approximate surface area is 227 Å². The third kappa shape index (κ3) is 5.07. The van der Waals surface area contributed by atoms with Crippen molar-refractivity contribution in [2.24, 2.45) is 11.5 Å². The zero-order valence-corrected chi connectivity index (χ0v) is 21.1. The minimum atomic E-state index is -1.87. The highest BCUT2D eigenvalue weighted by atomic mass is 19.1. The van der Waals surface area contributed by atoms with E-state index >= 15 is 0 Å². The molecule has 2 aromatic carbocycles. The average molecular weight is 551 g/mol. The lowest BCUT2D eigenvalue weighted by Crippen LogP contribution is -2.55. The highest BCUT2D eigenvalue weighted by Crippen LogP contribution is 2.37. The van der Waals surface area contributed by atoms with Crippen molar-refractivity contribution >= 4 is 23.5 Å². The maximum absolute atomic E-state index is 14.7. The molecule has 40 heavy (non-hydrogen) atoms.